The highest BCUT2D eigenvalue weighted by Crippen LogP contribution is 2.16. The molecule has 2 N–H and O–H groups in total. The standard InChI is InChI=1S/C16H22N2OS/c1-14-13-20-11-9-18(14)8-10-19-16-6-2-4-15(12-16)5-3-7-17/h2,4,6,12,14H,7-11,13,17H2,1H3. The molecule has 1 aromatic rings. The highest BCUT2D eigenvalue weighted by molar-refractivity contribution is 7.99. The molecule has 1 atom stereocenters. The first-order valence-electron chi connectivity index (χ1n) is 7.03. The second kappa shape index (κ2) is 8.21. The smallest absolute Gasteiger partial charge is 0.120 e. The second-order valence-electron chi connectivity index (χ2n) is 4.84. The minimum atomic E-state index is 0.385. The minimum Gasteiger partial charge on any atom is -0.492 e. The van der Waals surface area contributed by atoms with Crippen molar-refractivity contribution in [2.24, 2.45) is 5.73 Å². The largest absolute Gasteiger partial charge is 0.492 e. The van der Waals surface area contributed by atoms with Crippen molar-refractivity contribution >= 4 is 11.8 Å². The van der Waals surface area contributed by atoms with Crippen LogP contribution in [0.15, 0.2) is 24.3 Å². The Balaban J connectivity index is 1.81. The van der Waals surface area contributed by atoms with Gasteiger partial charge >= 0.3 is 0 Å². The quantitative estimate of drug-likeness (QED) is 0.859. The Kier molecular flexibility index (Phi) is 6.25. The van der Waals surface area contributed by atoms with Gasteiger partial charge in [-0.3, -0.25) is 4.90 Å². The van der Waals surface area contributed by atoms with Crippen LogP contribution in [0.1, 0.15) is 12.5 Å². The van der Waals surface area contributed by atoms with Crippen molar-refractivity contribution < 1.29 is 4.74 Å². The van der Waals surface area contributed by atoms with Crippen molar-refractivity contribution in [1.29, 1.82) is 0 Å². The van der Waals surface area contributed by atoms with Gasteiger partial charge in [0.15, 0.2) is 0 Å². The summed E-state index contributed by atoms with van der Waals surface area (Å²) >= 11 is 2.04. The summed E-state index contributed by atoms with van der Waals surface area (Å²) in [6.45, 7) is 5.55. The molecule has 108 valence electrons. The van der Waals surface area contributed by atoms with Crippen LogP contribution in [-0.4, -0.2) is 48.7 Å². The summed E-state index contributed by atoms with van der Waals surface area (Å²) < 4.78 is 5.83. The minimum absolute atomic E-state index is 0.385. The highest BCUT2D eigenvalue weighted by atomic mass is 32.2. The number of benzene rings is 1. The normalized spacial score (nSPS) is 19.2. The predicted molar refractivity (Wildman–Crippen MR) is 86.2 cm³/mol. The fourth-order valence-corrected chi connectivity index (χ4v) is 3.27. The van der Waals surface area contributed by atoms with Crippen molar-refractivity contribution in [2.75, 3.05) is 37.7 Å². The third kappa shape index (κ3) is 4.75. The van der Waals surface area contributed by atoms with Crippen molar-refractivity contribution in [3.63, 3.8) is 0 Å². The maximum atomic E-state index is 5.83. The monoisotopic (exact) mass is 290 g/mol. The molecule has 1 unspecified atom stereocenters. The van der Waals surface area contributed by atoms with Crippen LogP contribution in [0, 0.1) is 11.8 Å². The van der Waals surface area contributed by atoms with E-state index >= 15 is 0 Å². The average Bonchev–Trinajstić information content (AvgIpc) is 2.48. The van der Waals surface area contributed by atoms with Gasteiger partial charge in [0.2, 0.25) is 0 Å². The van der Waals surface area contributed by atoms with Gasteiger partial charge in [0.05, 0.1) is 6.54 Å². The van der Waals surface area contributed by atoms with E-state index in [2.05, 4.69) is 23.7 Å². The first-order valence-corrected chi connectivity index (χ1v) is 8.18. The van der Waals surface area contributed by atoms with Crippen molar-refractivity contribution in [2.45, 2.75) is 13.0 Å². The van der Waals surface area contributed by atoms with Crippen LogP contribution in [-0.2, 0) is 0 Å². The SMILES string of the molecule is CC1CSCCN1CCOc1cccc(C#CCN)c1. The molecule has 0 radical (unpaired) electrons. The van der Waals surface area contributed by atoms with Crippen LogP contribution in [0.25, 0.3) is 0 Å². The maximum Gasteiger partial charge on any atom is 0.120 e. The van der Waals surface area contributed by atoms with E-state index in [0.29, 0.717) is 12.6 Å². The Morgan fingerprint density at radius 1 is 1.50 bits per heavy atom. The van der Waals surface area contributed by atoms with Gasteiger partial charge in [-0.05, 0) is 25.1 Å². The highest BCUT2D eigenvalue weighted by Gasteiger charge is 2.17. The van der Waals surface area contributed by atoms with E-state index in [-0.39, 0.29) is 0 Å². The molecule has 4 heteroatoms. The fourth-order valence-electron chi connectivity index (χ4n) is 2.19. The van der Waals surface area contributed by atoms with E-state index in [0.717, 1.165) is 31.0 Å². The summed E-state index contributed by atoms with van der Waals surface area (Å²) in [5, 5.41) is 0. The Morgan fingerprint density at radius 3 is 3.20 bits per heavy atom. The zero-order chi connectivity index (χ0) is 14.2. The predicted octanol–water partition coefficient (Wildman–Crippen LogP) is 1.81. The third-order valence-corrected chi connectivity index (χ3v) is 4.51. The summed E-state index contributed by atoms with van der Waals surface area (Å²) in [5.74, 6) is 9.22. The number of nitrogens with two attached hydrogens (primary N) is 1. The van der Waals surface area contributed by atoms with Gasteiger partial charge in [0, 0.05) is 36.2 Å². The summed E-state index contributed by atoms with van der Waals surface area (Å²) in [6.07, 6.45) is 0. The summed E-state index contributed by atoms with van der Waals surface area (Å²) in [6, 6.07) is 8.54. The van der Waals surface area contributed by atoms with E-state index in [9.17, 15) is 0 Å². The maximum absolute atomic E-state index is 5.83. The van der Waals surface area contributed by atoms with E-state index in [1.54, 1.807) is 0 Å². The first-order chi connectivity index (χ1) is 9.79. The van der Waals surface area contributed by atoms with Gasteiger partial charge in [-0.25, -0.2) is 0 Å². The fraction of sp³-hybridized carbons (Fsp3) is 0.500. The van der Waals surface area contributed by atoms with Crippen LogP contribution in [0.2, 0.25) is 0 Å². The lowest BCUT2D eigenvalue weighted by molar-refractivity contribution is 0.183. The molecule has 1 aromatic carbocycles. The molecule has 0 aliphatic carbocycles. The summed E-state index contributed by atoms with van der Waals surface area (Å²) in [4.78, 5) is 2.49. The van der Waals surface area contributed by atoms with Crippen molar-refractivity contribution in [3.8, 4) is 17.6 Å². The Bertz CT molecular complexity index is 481. The molecule has 3 nitrogen and oxygen atoms in total. The van der Waals surface area contributed by atoms with Crippen molar-refractivity contribution in [3.05, 3.63) is 29.8 Å². The molecule has 0 amide bonds. The second-order valence-corrected chi connectivity index (χ2v) is 5.99. The van der Waals surface area contributed by atoms with Crippen LogP contribution in [0.5, 0.6) is 5.75 Å². The van der Waals surface area contributed by atoms with Gasteiger partial charge in [-0.2, -0.15) is 11.8 Å². The van der Waals surface area contributed by atoms with Gasteiger partial charge in [-0.1, -0.05) is 17.9 Å². The van der Waals surface area contributed by atoms with Crippen LogP contribution in [0.4, 0.5) is 0 Å². The molecule has 1 saturated heterocycles. The van der Waals surface area contributed by atoms with Crippen LogP contribution in [0.3, 0.4) is 0 Å². The third-order valence-electron chi connectivity index (χ3n) is 3.32. The lowest BCUT2D eigenvalue weighted by atomic mass is 10.2. The molecular weight excluding hydrogens is 268 g/mol. The van der Waals surface area contributed by atoms with Crippen LogP contribution < -0.4 is 10.5 Å². The number of hydrogen-bond donors (Lipinski definition) is 1. The molecule has 2 rings (SSSR count). The number of rotatable bonds is 4. The molecule has 0 bridgehead atoms. The molecule has 1 aliphatic rings. The average molecular weight is 290 g/mol. The molecule has 20 heavy (non-hydrogen) atoms. The first kappa shape index (κ1) is 15.2. The molecule has 1 aliphatic heterocycles. The van der Waals surface area contributed by atoms with E-state index in [1.165, 1.54) is 11.5 Å². The number of thioether (sulfide) groups is 1. The summed E-state index contributed by atoms with van der Waals surface area (Å²) in [5.41, 5.74) is 6.33. The lowest BCUT2D eigenvalue weighted by Crippen LogP contribution is -2.42. The zero-order valence-electron chi connectivity index (χ0n) is 12.0. The molecule has 0 saturated carbocycles. The number of hydrogen-bond acceptors (Lipinski definition) is 4. The van der Waals surface area contributed by atoms with Gasteiger partial charge < -0.3 is 10.5 Å². The van der Waals surface area contributed by atoms with Crippen LogP contribution >= 0.6 is 11.8 Å². The molecule has 0 spiro atoms. The van der Waals surface area contributed by atoms with Gasteiger partial charge in [0.1, 0.15) is 12.4 Å². The zero-order valence-corrected chi connectivity index (χ0v) is 12.8. The number of ether oxygens (including phenoxy) is 1. The Labute approximate surface area is 125 Å². The molecule has 1 fully saturated rings. The molecule has 0 aromatic heterocycles. The van der Waals surface area contributed by atoms with E-state index in [4.69, 9.17) is 10.5 Å². The van der Waals surface area contributed by atoms with E-state index < -0.39 is 0 Å². The lowest BCUT2D eigenvalue weighted by Gasteiger charge is -2.32. The topological polar surface area (TPSA) is 38.5 Å². The van der Waals surface area contributed by atoms with Gasteiger partial charge in [-0.15, -0.1) is 0 Å². The molecular formula is C16H22N2OS. The Morgan fingerprint density at radius 2 is 2.40 bits per heavy atom. The van der Waals surface area contributed by atoms with Gasteiger partial charge in [0.25, 0.3) is 0 Å². The number of nitrogens with zero attached hydrogens (tertiary/aromatic N) is 1. The van der Waals surface area contributed by atoms with Crippen molar-refractivity contribution in [1.82, 2.24) is 4.90 Å². The van der Waals surface area contributed by atoms with E-state index in [1.807, 2.05) is 36.0 Å². The Hall–Kier alpha value is -1.15. The summed E-state index contributed by atoms with van der Waals surface area (Å²) in [7, 11) is 0. The molecule has 1 heterocycles.